The van der Waals surface area contributed by atoms with Crippen LogP contribution in [0, 0.1) is 0 Å². The average molecular weight is 231 g/mol. The van der Waals surface area contributed by atoms with Gasteiger partial charge in [-0.1, -0.05) is 12.7 Å². The third kappa shape index (κ3) is 2.83. The van der Waals surface area contributed by atoms with Gasteiger partial charge in [-0.15, -0.1) is 4.68 Å². The Morgan fingerprint density at radius 2 is 1.79 bits per heavy atom. The number of nitrogens with zero attached hydrogens (tertiary/aromatic N) is 2. The smallest absolute Gasteiger partial charge is 0.167 e. The van der Waals surface area contributed by atoms with Crippen molar-refractivity contribution in [3.63, 3.8) is 0 Å². The van der Waals surface area contributed by atoms with Gasteiger partial charge in [0.1, 0.15) is 6.60 Å². The molecule has 10 radical (unpaired) electrons. The van der Waals surface area contributed by atoms with E-state index in [0.29, 0.717) is 18.4 Å². The molecule has 1 aliphatic rings. The van der Waals surface area contributed by atoms with E-state index in [4.69, 9.17) is 38.7 Å². The molecule has 19 heavy (non-hydrogen) atoms. The molecule has 12 heteroatoms. The van der Waals surface area contributed by atoms with Crippen LogP contribution in [0.4, 0.5) is 0 Å². The van der Waals surface area contributed by atoms with Crippen LogP contribution in [0.2, 0.25) is 5.82 Å². The zero-order valence-corrected chi connectivity index (χ0v) is 11.6. The highest BCUT2D eigenvalue weighted by molar-refractivity contribution is 8.01. The van der Waals surface area contributed by atoms with Crippen molar-refractivity contribution >= 4 is 70.8 Å². The van der Waals surface area contributed by atoms with Gasteiger partial charge in [0.15, 0.2) is 13.2 Å². The van der Waals surface area contributed by atoms with E-state index in [9.17, 15) is 0 Å². The molecule has 2 atom stereocenters. The molecule has 2 unspecified atom stereocenters. The van der Waals surface area contributed by atoms with Gasteiger partial charge in [0.05, 0.1) is 12.1 Å². The third-order valence-corrected chi connectivity index (χ3v) is 4.39. The Bertz CT molecular complexity index is 435. The molecule has 2 heterocycles. The number of hydrogen-bond donors (Lipinski definition) is 0. The third-order valence-electron chi connectivity index (χ3n) is 4.39. The van der Waals surface area contributed by atoms with E-state index in [0.717, 1.165) is 0 Å². The minimum absolute atomic E-state index is 0.0811. The van der Waals surface area contributed by atoms with Crippen molar-refractivity contribution in [2.75, 3.05) is 0 Å². The van der Waals surface area contributed by atoms with Gasteiger partial charge in [-0.2, -0.15) is 4.68 Å². The van der Waals surface area contributed by atoms with Crippen molar-refractivity contribution in [1.82, 2.24) is 4.68 Å². The van der Waals surface area contributed by atoms with Gasteiger partial charge < -0.3 is 0 Å². The molecule has 1 aliphatic heterocycles. The van der Waals surface area contributed by atoms with Crippen molar-refractivity contribution in [1.29, 1.82) is 0 Å². The second-order valence-electron chi connectivity index (χ2n) is 5.68. The molecule has 0 spiro atoms. The maximum atomic E-state index is 6.09. The van der Waals surface area contributed by atoms with Crippen molar-refractivity contribution in [2.45, 2.75) is 18.7 Å². The lowest BCUT2D eigenvalue weighted by molar-refractivity contribution is -0.753. The average Bonchev–Trinajstić information content (AvgIpc) is 2.76. The maximum Gasteiger partial charge on any atom is 0.195 e. The predicted octanol–water partition coefficient (Wildman–Crippen LogP) is -3.09. The summed E-state index contributed by atoms with van der Waals surface area (Å²) in [5.41, 5.74) is 0. The molecular weight excluding hydrogens is 220 g/mol. The standard InChI is InChI=1S/C7H11B10N2/c1-6-7(19-5-3-4-18(19)2)13(6)17(15(10)11)16(12)14(8)9/h3-7H,1-2H3/q+1. The van der Waals surface area contributed by atoms with Crippen LogP contribution in [0.1, 0.15) is 12.9 Å². The second kappa shape index (κ2) is 5.69. The van der Waals surface area contributed by atoms with E-state index < -0.39 is 19.2 Å². The maximum absolute atomic E-state index is 6.09. The van der Waals surface area contributed by atoms with Crippen LogP contribution in [0.25, 0.3) is 0 Å². The van der Waals surface area contributed by atoms with Crippen molar-refractivity contribution in [2.24, 2.45) is 7.05 Å². The van der Waals surface area contributed by atoms with Gasteiger partial charge in [-0.25, -0.2) is 0 Å². The first-order chi connectivity index (χ1) is 8.86. The molecule has 2 nitrogen and oxygen atoms in total. The van der Waals surface area contributed by atoms with Gasteiger partial charge in [0.2, 0.25) is 0 Å². The lowest BCUT2D eigenvalue weighted by atomic mass is 8.57. The minimum atomic E-state index is -0.605. The summed E-state index contributed by atoms with van der Waals surface area (Å²) >= 11 is 0. The summed E-state index contributed by atoms with van der Waals surface area (Å²) in [7, 11) is 31.3. The summed E-state index contributed by atoms with van der Waals surface area (Å²) < 4.78 is 4.23. The van der Waals surface area contributed by atoms with E-state index in [1.807, 2.05) is 30.2 Å². The summed E-state index contributed by atoms with van der Waals surface area (Å²) in [6, 6.07) is 2.01. The molecule has 0 saturated carbocycles. The fourth-order valence-corrected chi connectivity index (χ4v) is 3.24. The van der Waals surface area contributed by atoms with Crippen LogP contribution < -0.4 is 4.68 Å². The SMILES string of the molecule is [B]B([B])B([B])B(B([B])[B])B1C(C)C1n1ccc[n+]1C. The lowest BCUT2D eigenvalue weighted by Crippen LogP contribution is -2.64. The van der Waals surface area contributed by atoms with Crippen LogP contribution >= 0.6 is 0 Å². The highest BCUT2D eigenvalue weighted by Crippen LogP contribution is 2.48. The van der Waals surface area contributed by atoms with E-state index in [-0.39, 0.29) is 6.39 Å². The Balaban J connectivity index is 2.19. The fraction of sp³-hybridized carbons (Fsp3) is 0.571. The molecule has 1 fully saturated rings. The van der Waals surface area contributed by atoms with Gasteiger partial charge in [0.25, 0.3) is 0 Å². The molecule has 2 rings (SSSR count). The summed E-state index contributed by atoms with van der Waals surface area (Å²) in [6.07, 6.45) is 2.47. The molecule has 0 aromatic carbocycles. The molecule has 1 aromatic heterocycles. The number of hydrogen-bond acceptors (Lipinski definition) is 0. The first kappa shape index (κ1) is 15.3. The summed E-state index contributed by atoms with van der Waals surface area (Å²) in [5.74, 6) is 0.812. The van der Waals surface area contributed by atoms with Crippen LogP contribution in [0.3, 0.4) is 0 Å². The number of rotatable bonds is 5. The van der Waals surface area contributed by atoms with Crippen LogP contribution in [-0.2, 0) is 7.05 Å². The highest BCUT2D eigenvalue weighted by atomic mass is 15.4. The van der Waals surface area contributed by atoms with Crippen molar-refractivity contribution < 1.29 is 4.68 Å². The minimum Gasteiger partial charge on any atom is -0.167 e. The molecule has 0 N–H and O–H groups in total. The predicted molar refractivity (Wildman–Crippen MR) is 91.6 cm³/mol. The molecule has 78 valence electrons. The van der Waals surface area contributed by atoms with Crippen molar-refractivity contribution in [3.05, 3.63) is 18.5 Å². The molecular formula is C7H11B10N2+. The van der Waals surface area contributed by atoms with Gasteiger partial charge in [-0.3, -0.25) is 0 Å². The van der Waals surface area contributed by atoms with E-state index in [1.165, 1.54) is 0 Å². The first-order valence-electron chi connectivity index (χ1n) is 6.67. The molecule has 0 aliphatic carbocycles. The number of aromatic nitrogens is 2. The highest BCUT2D eigenvalue weighted by Gasteiger charge is 2.59. The Kier molecular flexibility index (Phi) is 4.57. The summed E-state index contributed by atoms with van der Waals surface area (Å²) in [5, 5.41) is 0. The molecule has 0 amide bonds. The zero-order valence-electron chi connectivity index (χ0n) is 11.6. The quantitative estimate of drug-likeness (QED) is 0.375. The Morgan fingerprint density at radius 3 is 2.21 bits per heavy atom. The second-order valence-corrected chi connectivity index (χ2v) is 5.68. The number of aryl methyl sites for hydroxylation is 1. The normalized spacial score (nSPS) is 21.1. The fourth-order valence-electron chi connectivity index (χ4n) is 3.24. The van der Waals surface area contributed by atoms with Crippen LogP contribution in [0.15, 0.2) is 18.5 Å². The Labute approximate surface area is 124 Å². The monoisotopic (exact) mass is 233 g/mol. The largest absolute Gasteiger partial charge is 0.195 e. The lowest BCUT2D eigenvalue weighted by Gasteiger charge is -2.25. The van der Waals surface area contributed by atoms with E-state index in [2.05, 4.69) is 11.6 Å². The van der Waals surface area contributed by atoms with Gasteiger partial charge in [-0.05, 0) is 0 Å². The Morgan fingerprint density at radius 1 is 1.16 bits per heavy atom. The summed E-state index contributed by atoms with van der Waals surface area (Å²) in [4.78, 5) is 0. The van der Waals surface area contributed by atoms with Gasteiger partial charge in [0, 0.05) is 70.3 Å². The van der Waals surface area contributed by atoms with Crippen LogP contribution in [-0.4, -0.2) is 75.5 Å². The first-order valence-corrected chi connectivity index (χ1v) is 6.67. The zero-order chi connectivity index (χ0) is 14.3. The van der Waals surface area contributed by atoms with Gasteiger partial charge >= 0.3 is 0 Å². The van der Waals surface area contributed by atoms with E-state index in [1.54, 1.807) is 0 Å². The Hall–Kier alpha value is -0.141. The topological polar surface area (TPSA) is 8.81 Å². The van der Waals surface area contributed by atoms with Crippen molar-refractivity contribution in [3.8, 4) is 0 Å². The summed E-state index contributed by atoms with van der Waals surface area (Å²) in [6.45, 7) is 2.49. The molecule has 1 aromatic rings. The molecule has 1 saturated heterocycles. The van der Waals surface area contributed by atoms with Crippen LogP contribution in [0.5, 0.6) is 0 Å². The van der Waals surface area contributed by atoms with E-state index >= 15 is 0 Å². The molecule has 0 bridgehead atoms.